The Morgan fingerprint density at radius 1 is 1.23 bits per heavy atom. The molecule has 2 heterocycles. The predicted molar refractivity (Wildman–Crippen MR) is 112 cm³/mol. The van der Waals surface area contributed by atoms with E-state index in [9.17, 15) is 4.79 Å². The molecule has 0 fully saturated rings. The molecule has 156 valence electrons. The molecule has 1 atom stereocenters. The lowest BCUT2D eigenvalue weighted by atomic mass is 10.0. The molecule has 0 bridgehead atoms. The summed E-state index contributed by atoms with van der Waals surface area (Å²) in [6.07, 6.45) is 2.84. The van der Waals surface area contributed by atoms with Crippen molar-refractivity contribution in [2.45, 2.75) is 12.7 Å². The number of amides is 1. The molecule has 8 nitrogen and oxygen atoms in total. The third-order valence-corrected chi connectivity index (χ3v) is 4.60. The molecule has 0 aliphatic carbocycles. The fourth-order valence-corrected chi connectivity index (χ4v) is 3.12. The molecular formula is C22H24N4O4. The number of rotatable bonds is 7. The molecule has 1 aliphatic rings. The van der Waals surface area contributed by atoms with Crippen LogP contribution in [0.3, 0.4) is 0 Å². The summed E-state index contributed by atoms with van der Waals surface area (Å²) in [5.74, 6) is 0.937. The van der Waals surface area contributed by atoms with Crippen LogP contribution < -0.4 is 14.8 Å². The maximum Gasteiger partial charge on any atom is 0.269 e. The van der Waals surface area contributed by atoms with Gasteiger partial charge in [-0.05, 0) is 43.9 Å². The molecule has 0 saturated carbocycles. The molecule has 1 unspecified atom stereocenters. The summed E-state index contributed by atoms with van der Waals surface area (Å²) in [5, 5.41) is 9.78. The molecule has 1 amide bonds. The summed E-state index contributed by atoms with van der Waals surface area (Å²) in [7, 11) is 3.87. The number of ether oxygens (including phenoxy) is 3. The molecule has 0 saturated heterocycles. The van der Waals surface area contributed by atoms with E-state index in [1.165, 1.54) is 0 Å². The SMILES string of the molecule is CN(C)COCc1cc(-c2cn[nH]c2)ccc1NC(=O)C1COc2ccccc2O1. The highest BCUT2D eigenvalue weighted by Gasteiger charge is 2.27. The Labute approximate surface area is 174 Å². The fraction of sp³-hybridized carbons (Fsp3) is 0.273. The minimum Gasteiger partial charge on any atom is -0.485 e. The van der Waals surface area contributed by atoms with Gasteiger partial charge in [0.15, 0.2) is 11.5 Å². The number of aromatic amines is 1. The summed E-state index contributed by atoms with van der Waals surface area (Å²) in [6, 6.07) is 13.1. The monoisotopic (exact) mass is 408 g/mol. The van der Waals surface area contributed by atoms with Gasteiger partial charge in [-0.1, -0.05) is 18.2 Å². The van der Waals surface area contributed by atoms with Crippen LogP contribution in [0.5, 0.6) is 11.5 Å². The van der Waals surface area contributed by atoms with E-state index >= 15 is 0 Å². The summed E-state index contributed by atoms with van der Waals surface area (Å²) in [6.45, 7) is 0.979. The van der Waals surface area contributed by atoms with E-state index in [1.54, 1.807) is 12.3 Å². The number of aromatic nitrogens is 2. The van der Waals surface area contributed by atoms with Gasteiger partial charge in [-0.15, -0.1) is 0 Å². The van der Waals surface area contributed by atoms with Crippen LogP contribution in [-0.2, 0) is 16.1 Å². The number of benzene rings is 2. The van der Waals surface area contributed by atoms with Gasteiger partial charge in [0, 0.05) is 23.0 Å². The number of carbonyl (C=O) groups excluding carboxylic acids is 1. The number of hydrogen-bond acceptors (Lipinski definition) is 6. The van der Waals surface area contributed by atoms with E-state index in [0.717, 1.165) is 16.7 Å². The van der Waals surface area contributed by atoms with Crippen LogP contribution in [-0.4, -0.2) is 54.5 Å². The molecule has 30 heavy (non-hydrogen) atoms. The first kappa shape index (κ1) is 19.9. The molecule has 3 aromatic rings. The van der Waals surface area contributed by atoms with Crippen LogP contribution in [0.15, 0.2) is 54.9 Å². The minimum absolute atomic E-state index is 0.155. The lowest BCUT2D eigenvalue weighted by Gasteiger charge is -2.26. The van der Waals surface area contributed by atoms with Gasteiger partial charge in [-0.25, -0.2) is 0 Å². The van der Waals surface area contributed by atoms with Crippen LogP contribution in [0.2, 0.25) is 0 Å². The number of carbonyl (C=O) groups is 1. The third-order valence-electron chi connectivity index (χ3n) is 4.60. The summed E-state index contributed by atoms with van der Waals surface area (Å²) in [5.41, 5.74) is 3.48. The molecule has 2 N–H and O–H groups in total. The molecule has 0 spiro atoms. The van der Waals surface area contributed by atoms with Crippen molar-refractivity contribution in [3.63, 3.8) is 0 Å². The van der Waals surface area contributed by atoms with Crippen molar-refractivity contribution in [1.29, 1.82) is 0 Å². The second kappa shape index (κ2) is 8.98. The van der Waals surface area contributed by atoms with E-state index < -0.39 is 6.10 Å². The number of hydrogen-bond donors (Lipinski definition) is 2. The van der Waals surface area contributed by atoms with Crippen molar-refractivity contribution in [3.05, 3.63) is 60.4 Å². The summed E-state index contributed by atoms with van der Waals surface area (Å²) < 4.78 is 17.2. The normalized spacial score (nSPS) is 15.2. The maximum atomic E-state index is 12.8. The van der Waals surface area contributed by atoms with Crippen molar-refractivity contribution in [2.75, 3.05) is 32.7 Å². The van der Waals surface area contributed by atoms with Gasteiger partial charge in [0.1, 0.15) is 6.61 Å². The Morgan fingerprint density at radius 3 is 2.83 bits per heavy atom. The smallest absolute Gasteiger partial charge is 0.269 e. The number of H-pyrrole nitrogens is 1. The van der Waals surface area contributed by atoms with E-state index in [2.05, 4.69) is 15.5 Å². The van der Waals surface area contributed by atoms with E-state index in [4.69, 9.17) is 14.2 Å². The molecule has 1 aliphatic heterocycles. The topological polar surface area (TPSA) is 88.7 Å². The number of nitrogens with one attached hydrogen (secondary N) is 2. The largest absolute Gasteiger partial charge is 0.485 e. The van der Waals surface area contributed by atoms with Gasteiger partial charge in [0.25, 0.3) is 5.91 Å². The molecule has 2 aromatic carbocycles. The Kier molecular flexibility index (Phi) is 5.97. The summed E-state index contributed by atoms with van der Waals surface area (Å²) in [4.78, 5) is 14.8. The first-order chi connectivity index (χ1) is 14.6. The Morgan fingerprint density at radius 2 is 2.07 bits per heavy atom. The van der Waals surface area contributed by atoms with Crippen molar-refractivity contribution in [2.24, 2.45) is 0 Å². The maximum absolute atomic E-state index is 12.8. The number of fused-ring (bicyclic) bond motifs is 1. The predicted octanol–water partition coefficient (Wildman–Crippen LogP) is 2.89. The lowest BCUT2D eigenvalue weighted by Crippen LogP contribution is -2.40. The standard InChI is InChI=1S/C22H24N4O4/c1-26(2)14-28-12-16-9-15(17-10-23-24-11-17)7-8-18(16)25-22(27)21-13-29-19-5-3-4-6-20(19)30-21/h3-11,21H,12-14H2,1-2H3,(H,23,24)(H,25,27). The molecule has 4 rings (SSSR count). The zero-order valence-corrected chi connectivity index (χ0v) is 16.9. The summed E-state index contributed by atoms with van der Waals surface area (Å²) >= 11 is 0. The third kappa shape index (κ3) is 4.61. The van der Waals surface area contributed by atoms with Gasteiger partial charge in [-0.3, -0.25) is 14.8 Å². The number of nitrogens with zero attached hydrogens (tertiary/aromatic N) is 2. The highest BCUT2D eigenvalue weighted by Crippen LogP contribution is 2.31. The Hall–Kier alpha value is -3.36. The fourth-order valence-electron chi connectivity index (χ4n) is 3.12. The zero-order valence-electron chi connectivity index (χ0n) is 16.9. The first-order valence-electron chi connectivity index (χ1n) is 9.64. The van der Waals surface area contributed by atoms with E-state index in [1.807, 2.05) is 61.6 Å². The lowest BCUT2D eigenvalue weighted by molar-refractivity contribution is -0.125. The Bertz CT molecular complexity index is 1000. The second-order valence-corrected chi connectivity index (χ2v) is 7.27. The van der Waals surface area contributed by atoms with Gasteiger partial charge < -0.3 is 19.5 Å². The van der Waals surface area contributed by atoms with Gasteiger partial charge >= 0.3 is 0 Å². The van der Waals surface area contributed by atoms with Crippen molar-refractivity contribution < 1.29 is 19.0 Å². The van der Waals surface area contributed by atoms with Crippen LogP contribution in [0.4, 0.5) is 5.69 Å². The van der Waals surface area contributed by atoms with Gasteiger partial charge in [-0.2, -0.15) is 5.10 Å². The Balaban J connectivity index is 1.51. The van der Waals surface area contributed by atoms with Crippen LogP contribution in [0.1, 0.15) is 5.56 Å². The average molecular weight is 408 g/mol. The van der Waals surface area contributed by atoms with Crippen molar-refractivity contribution in [1.82, 2.24) is 15.1 Å². The molecule has 1 aromatic heterocycles. The first-order valence-corrected chi connectivity index (χ1v) is 9.64. The molecular weight excluding hydrogens is 384 g/mol. The average Bonchev–Trinajstić information content (AvgIpc) is 3.29. The number of anilines is 1. The van der Waals surface area contributed by atoms with Crippen molar-refractivity contribution >= 4 is 11.6 Å². The number of para-hydroxylation sites is 2. The van der Waals surface area contributed by atoms with E-state index in [-0.39, 0.29) is 12.5 Å². The van der Waals surface area contributed by atoms with Crippen molar-refractivity contribution in [3.8, 4) is 22.6 Å². The minimum atomic E-state index is -0.732. The second-order valence-electron chi connectivity index (χ2n) is 7.27. The van der Waals surface area contributed by atoms with E-state index in [0.29, 0.717) is 30.5 Å². The van der Waals surface area contributed by atoms with Gasteiger partial charge in [0.2, 0.25) is 6.10 Å². The van der Waals surface area contributed by atoms with Crippen LogP contribution in [0.25, 0.3) is 11.1 Å². The zero-order chi connectivity index (χ0) is 20.9. The highest BCUT2D eigenvalue weighted by atomic mass is 16.6. The van der Waals surface area contributed by atoms with Crippen LogP contribution in [0, 0.1) is 0 Å². The quantitative estimate of drug-likeness (QED) is 0.585. The van der Waals surface area contributed by atoms with Crippen LogP contribution >= 0.6 is 0 Å². The molecule has 8 heteroatoms. The van der Waals surface area contributed by atoms with Gasteiger partial charge in [0.05, 0.1) is 19.5 Å². The molecule has 0 radical (unpaired) electrons. The highest BCUT2D eigenvalue weighted by molar-refractivity contribution is 5.95.